The van der Waals surface area contributed by atoms with E-state index in [2.05, 4.69) is 4.99 Å². The molecule has 0 unspecified atom stereocenters. The number of anilines is 1. The summed E-state index contributed by atoms with van der Waals surface area (Å²) < 4.78 is 0. The van der Waals surface area contributed by atoms with Gasteiger partial charge < -0.3 is 11.5 Å². The highest BCUT2D eigenvalue weighted by Crippen LogP contribution is 2.22. The van der Waals surface area contributed by atoms with Gasteiger partial charge in [0.2, 0.25) is 0 Å². The Bertz CT molecular complexity index is 400. The predicted octanol–water partition coefficient (Wildman–Crippen LogP) is 2.19. The zero-order valence-corrected chi connectivity index (χ0v) is 9.26. The Balaban J connectivity index is 2.10. The van der Waals surface area contributed by atoms with Crippen LogP contribution < -0.4 is 11.5 Å². The van der Waals surface area contributed by atoms with Crippen LogP contribution in [0.5, 0.6) is 0 Å². The second-order valence-electron chi connectivity index (χ2n) is 4.11. The van der Waals surface area contributed by atoms with Crippen molar-refractivity contribution >= 4 is 17.5 Å². The number of nitrogens with zero attached hydrogens (tertiary/aromatic N) is 1. The van der Waals surface area contributed by atoms with Gasteiger partial charge in [-0.2, -0.15) is 0 Å². The molecular formula is C13H17N3. The second kappa shape index (κ2) is 4.84. The normalized spacial score (nSPS) is 17.6. The van der Waals surface area contributed by atoms with Crippen LogP contribution in [0.2, 0.25) is 0 Å². The summed E-state index contributed by atoms with van der Waals surface area (Å²) >= 11 is 0. The van der Waals surface area contributed by atoms with E-state index in [1.165, 1.54) is 19.3 Å². The molecule has 0 aliphatic heterocycles. The zero-order valence-electron chi connectivity index (χ0n) is 9.26. The van der Waals surface area contributed by atoms with E-state index in [-0.39, 0.29) is 0 Å². The first-order valence-electron chi connectivity index (χ1n) is 5.60. The van der Waals surface area contributed by atoms with E-state index >= 15 is 0 Å². The van der Waals surface area contributed by atoms with Crippen LogP contribution >= 0.6 is 0 Å². The molecule has 3 nitrogen and oxygen atoms in total. The van der Waals surface area contributed by atoms with E-state index in [1.807, 2.05) is 30.5 Å². The number of benzene rings is 1. The van der Waals surface area contributed by atoms with E-state index in [1.54, 1.807) is 6.20 Å². The van der Waals surface area contributed by atoms with E-state index in [0.29, 0.717) is 6.04 Å². The molecule has 0 atom stereocenters. The molecule has 4 N–H and O–H groups in total. The molecular weight excluding hydrogens is 198 g/mol. The molecule has 0 radical (unpaired) electrons. The Morgan fingerprint density at radius 3 is 2.44 bits per heavy atom. The van der Waals surface area contributed by atoms with Crippen molar-refractivity contribution in [3.05, 3.63) is 36.0 Å². The number of nitrogens with two attached hydrogens (primary N) is 2. The number of nitrogen functional groups attached to an aromatic ring is 1. The molecule has 0 heterocycles. The first kappa shape index (κ1) is 10.7. The average Bonchev–Trinajstić information content (AvgIpc) is 2.24. The van der Waals surface area contributed by atoms with Gasteiger partial charge in [-0.25, -0.2) is 0 Å². The highest BCUT2D eigenvalue weighted by atomic mass is 14.8. The van der Waals surface area contributed by atoms with Crippen LogP contribution in [0.15, 0.2) is 35.5 Å². The third kappa shape index (κ3) is 2.42. The largest absolute Gasteiger partial charge is 0.404 e. The van der Waals surface area contributed by atoms with Crippen LogP contribution in [-0.4, -0.2) is 12.3 Å². The van der Waals surface area contributed by atoms with Gasteiger partial charge in [-0.3, -0.25) is 4.99 Å². The molecule has 84 valence electrons. The molecule has 2 rings (SSSR count). The Morgan fingerprint density at radius 1 is 1.25 bits per heavy atom. The molecule has 16 heavy (non-hydrogen) atoms. The fourth-order valence-corrected chi connectivity index (χ4v) is 1.61. The van der Waals surface area contributed by atoms with Gasteiger partial charge in [0, 0.05) is 29.7 Å². The molecule has 0 spiro atoms. The Labute approximate surface area is 95.9 Å². The monoisotopic (exact) mass is 215 g/mol. The van der Waals surface area contributed by atoms with Gasteiger partial charge in [0.05, 0.1) is 0 Å². The van der Waals surface area contributed by atoms with Gasteiger partial charge in [-0.15, -0.1) is 0 Å². The third-order valence-corrected chi connectivity index (χ3v) is 2.92. The molecule has 0 aromatic heterocycles. The number of aliphatic imine (C=N–C) groups is 1. The van der Waals surface area contributed by atoms with Gasteiger partial charge in [-0.05, 0) is 37.0 Å². The topological polar surface area (TPSA) is 64.4 Å². The summed E-state index contributed by atoms with van der Waals surface area (Å²) in [5.74, 6) is 0. The zero-order chi connectivity index (χ0) is 11.4. The van der Waals surface area contributed by atoms with E-state index < -0.39 is 0 Å². The summed E-state index contributed by atoms with van der Waals surface area (Å²) in [5.41, 5.74) is 14.0. The number of rotatable bonds is 3. The van der Waals surface area contributed by atoms with Crippen LogP contribution in [-0.2, 0) is 0 Å². The summed E-state index contributed by atoms with van der Waals surface area (Å²) in [4.78, 5) is 4.49. The van der Waals surface area contributed by atoms with Crippen molar-refractivity contribution in [1.82, 2.24) is 0 Å². The lowest BCUT2D eigenvalue weighted by Gasteiger charge is -2.20. The number of allylic oxidation sites excluding steroid dienone is 1. The maximum absolute atomic E-state index is 5.64. The van der Waals surface area contributed by atoms with Crippen molar-refractivity contribution in [3.63, 3.8) is 0 Å². The average molecular weight is 215 g/mol. The van der Waals surface area contributed by atoms with Gasteiger partial charge in [0.25, 0.3) is 0 Å². The van der Waals surface area contributed by atoms with Gasteiger partial charge in [0.15, 0.2) is 0 Å². The lowest BCUT2D eigenvalue weighted by molar-refractivity contribution is 0.421. The molecule has 1 fully saturated rings. The smallest absolute Gasteiger partial charge is 0.0499 e. The Hall–Kier alpha value is -1.77. The van der Waals surface area contributed by atoms with E-state index in [9.17, 15) is 0 Å². The van der Waals surface area contributed by atoms with Crippen molar-refractivity contribution in [2.24, 2.45) is 10.7 Å². The molecule has 0 saturated heterocycles. The van der Waals surface area contributed by atoms with Crippen molar-refractivity contribution in [1.29, 1.82) is 0 Å². The van der Waals surface area contributed by atoms with Crippen LogP contribution in [0.3, 0.4) is 0 Å². The Morgan fingerprint density at radius 2 is 1.94 bits per heavy atom. The molecule has 1 saturated carbocycles. The van der Waals surface area contributed by atoms with Crippen molar-refractivity contribution < 1.29 is 0 Å². The molecule has 0 bridgehead atoms. The van der Waals surface area contributed by atoms with Crippen LogP contribution in [0.4, 0.5) is 5.69 Å². The maximum Gasteiger partial charge on any atom is 0.0499 e. The van der Waals surface area contributed by atoms with Crippen LogP contribution in [0.25, 0.3) is 5.57 Å². The van der Waals surface area contributed by atoms with E-state index in [4.69, 9.17) is 11.5 Å². The molecule has 1 aliphatic rings. The van der Waals surface area contributed by atoms with Gasteiger partial charge >= 0.3 is 0 Å². The van der Waals surface area contributed by atoms with Crippen molar-refractivity contribution in [2.45, 2.75) is 25.3 Å². The second-order valence-corrected chi connectivity index (χ2v) is 4.11. The summed E-state index contributed by atoms with van der Waals surface area (Å²) in [6.07, 6.45) is 7.17. The predicted molar refractivity (Wildman–Crippen MR) is 69.1 cm³/mol. The molecule has 1 aliphatic carbocycles. The SMILES string of the molecule is N/C=C(\C=NC1CCC1)c1ccc(N)cc1. The van der Waals surface area contributed by atoms with Crippen molar-refractivity contribution in [3.8, 4) is 0 Å². The minimum atomic E-state index is 0.503. The maximum atomic E-state index is 5.64. The highest BCUT2D eigenvalue weighted by Gasteiger charge is 2.14. The van der Waals surface area contributed by atoms with E-state index in [0.717, 1.165) is 16.8 Å². The summed E-state index contributed by atoms with van der Waals surface area (Å²) in [6, 6.07) is 8.16. The minimum Gasteiger partial charge on any atom is -0.404 e. The standard InChI is InChI=1S/C13H17N3/c14-8-11(9-16-13-2-1-3-13)10-4-6-12(15)7-5-10/h4-9,13H,1-3,14-15H2/b11-8+,16-9?. The molecule has 0 amide bonds. The van der Waals surface area contributed by atoms with Crippen LogP contribution in [0.1, 0.15) is 24.8 Å². The van der Waals surface area contributed by atoms with Crippen molar-refractivity contribution in [2.75, 3.05) is 5.73 Å². The number of hydrogen-bond acceptors (Lipinski definition) is 3. The molecule has 1 aromatic carbocycles. The first-order chi connectivity index (χ1) is 7.79. The molecule has 3 heteroatoms. The van der Waals surface area contributed by atoms with Crippen LogP contribution in [0, 0.1) is 0 Å². The lowest BCUT2D eigenvalue weighted by atomic mass is 9.94. The minimum absolute atomic E-state index is 0.503. The quantitative estimate of drug-likeness (QED) is 0.599. The highest BCUT2D eigenvalue weighted by molar-refractivity contribution is 6.09. The van der Waals surface area contributed by atoms with Gasteiger partial charge in [-0.1, -0.05) is 12.1 Å². The summed E-state index contributed by atoms with van der Waals surface area (Å²) in [6.45, 7) is 0. The third-order valence-electron chi connectivity index (χ3n) is 2.92. The summed E-state index contributed by atoms with van der Waals surface area (Å²) in [5, 5.41) is 0. The number of hydrogen-bond donors (Lipinski definition) is 2. The van der Waals surface area contributed by atoms with Gasteiger partial charge in [0.1, 0.15) is 0 Å². The lowest BCUT2D eigenvalue weighted by Crippen LogP contribution is -2.14. The fourth-order valence-electron chi connectivity index (χ4n) is 1.61. The Kier molecular flexibility index (Phi) is 3.25. The summed E-state index contributed by atoms with van der Waals surface area (Å²) in [7, 11) is 0. The first-order valence-corrected chi connectivity index (χ1v) is 5.60. The molecule has 1 aromatic rings. The fraction of sp³-hybridized carbons (Fsp3) is 0.308.